The number of aryl methyl sites for hydroxylation is 1. The first-order valence-corrected chi connectivity index (χ1v) is 8.99. The summed E-state index contributed by atoms with van der Waals surface area (Å²) in [6.07, 6.45) is 0.733. The van der Waals surface area contributed by atoms with Crippen LogP contribution in [0.2, 0.25) is 0 Å². The molecular weight excluding hydrogens is 332 g/mol. The van der Waals surface area contributed by atoms with Crippen LogP contribution in [0.5, 0.6) is 0 Å². The largest absolute Gasteiger partial charge is 0.372 e. The number of ether oxygens (including phenoxy) is 2. The molecule has 1 unspecified atom stereocenters. The van der Waals surface area contributed by atoms with Gasteiger partial charge in [-0.2, -0.15) is 0 Å². The van der Waals surface area contributed by atoms with E-state index in [9.17, 15) is 9.59 Å². The van der Waals surface area contributed by atoms with Crippen molar-refractivity contribution in [1.82, 2.24) is 9.88 Å². The Kier molecular flexibility index (Phi) is 3.93. The highest BCUT2D eigenvalue weighted by molar-refractivity contribution is 6.00. The van der Waals surface area contributed by atoms with E-state index < -0.39 is 5.60 Å². The zero-order chi connectivity index (χ0) is 18.5. The van der Waals surface area contributed by atoms with Crippen molar-refractivity contribution in [3.05, 3.63) is 45.7 Å². The van der Waals surface area contributed by atoms with Gasteiger partial charge in [-0.05, 0) is 32.4 Å². The molecule has 2 aromatic rings. The van der Waals surface area contributed by atoms with Gasteiger partial charge in [0.25, 0.3) is 11.5 Å². The van der Waals surface area contributed by atoms with Gasteiger partial charge in [-0.15, -0.1) is 0 Å². The van der Waals surface area contributed by atoms with Gasteiger partial charge in [0.05, 0.1) is 25.4 Å². The van der Waals surface area contributed by atoms with Crippen molar-refractivity contribution in [1.29, 1.82) is 0 Å². The second-order valence-electron chi connectivity index (χ2n) is 7.98. The van der Waals surface area contributed by atoms with Gasteiger partial charge in [-0.1, -0.05) is 18.2 Å². The van der Waals surface area contributed by atoms with Gasteiger partial charge in [0, 0.05) is 23.9 Å². The molecule has 6 heteroatoms. The predicted molar refractivity (Wildman–Crippen MR) is 98.5 cm³/mol. The summed E-state index contributed by atoms with van der Waals surface area (Å²) < 4.78 is 11.8. The number of nitrogens with zero attached hydrogens (tertiary/aromatic N) is 1. The zero-order valence-corrected chi connectivity index (χ0v) is 15.4. The van der Waals surface area contributed by atoms with Crippen molar-refractivity contribution < 1.29 is 14.3 Å². The molecule has 26 heavy (non-hydrogen) atoms. The molecule has 0 aliphatic carbocycles. The van der Waals surface area contributed by atoms with E-state index in [0.717, 1.165) is 22.9 Å². The fourth-order valence-electron chi connectivity index (χ4n) is 4.24. The second kappa shape index (κ2) is 5.93. The Morgan fingerprint density at radius 3 is 2.73 bits per heavy atom. The number of carbonyl (C=O) groups excluding carboxylic acids is 1. The number of H-pyrrole nitrogens is 1. The lowest BCUT2D eigenvalue weighted by Crippen LogP contribution is -2.55. The third kappa shape index (κ3) is 2.83. The van der Waals surface area contributed by atoms with Gasteiger partial charge >= 0.3 is 0 Å². The summed E-state index contributed by atoms with van der Waals surface area (Å²) in [5.41, 5.74) is 0.611. The van der Waals surface area contributed by atoms with Crippen LogP contribution in [0, 0.1) is 6.92 Å². The van der Waals surface area contributed by atoms with Crippen LogP contribution in [0.15, 0.2) is 29.1 Å². The van der Waals surface area contributed by atoms with Gasteiger partial charge in [-0.3, -0.25) is 9.59 Å². The van der Waals surface area contributed by atoms with E-state index in [4.69, 9.17) is 9.47 Å². The summed E-state index contributed by atoms with van der Waals surface area (Å²) >= 11 is 0. The molecule has 2 aliphatic heterocycles. The molecule has 0 radical (unpaired) electrons. The average Bonchev–Trinajstić information content (AvgIpc) is 2.89. The number of pyridine rings is 1. The number of carbonyl (C=O) groups is 1. The molecule has 2 fully saturated rings. The van der Waals surface area contributed by atoms with Crippen molar-refractivity contribution in [3.8, 4) is 0 Å². The number of amides is 1. The van der Waals surface area contributed by atoms with E-state index in [0.29, 0.717) is 26.3 Å². The molecule has 2 saturated heterocycles. The summed E-state index contributed by atoms with van der Waals surface area (Å²) in [7, 11) is 0. The monoisotopic (exact) mass is 356 g/mol. The lowest BCUT2D eigenvalue weighted by atomic mass is 9.91. The van der Waals surface area contributed by atoms with Gasteiger partial charge in [0.1, 0.15) is 11.2 Å². The molecule has 4 rings (SSSR count). The molecule has 1 N–H and O–H groups in total. The number of aromatic nitrogens is 1. The summed E-state index contributed by atoms with van der Waals surface area (Å²) in [5, 5.41) is 0.892. The van der Waals surface area contributed by atoms with Gasteiger partial charge in [-0.25, -0.2) is 0 Å². The Balaban J connectivity index is 1.68. The molecule has 0 saturated carbocycles. The van der Waals surface area contributed by atoms with E-state index in [2.05, 4.69) is 4.98 Å². The number of hydrogen-bond donors (Lipinski definition) is 1. The first kappa shape index (κ1) is 17.2. The topological polar surface area (TPSA) is 71.6 Å². The normalized spacial score (nSPS) is 25.1. The van der Waals surface area contributed by atoms with Crippen molar-refractivity contribution in [2.24, 2.45) is 0 Å². The molecule has 3 heterocycles. The maximum atomic E-state index is 13.2. The Morgan fingerprint density at radius 2 is 2.00 bits per heavy atom. The smallest absolute Gasteiger partial charge is 0.261 e. The summed E-state index contributed by atoms with van der Waals surface area (Å²) in [6, 6.07) is 7.54. The molecule has 138 valence electrons. The fraction of sp³-hybridized carbons (Fsp3) is 0.500. The van der Waals surface area contributed by atoms with Crippen molar-refractivity contribution in [2.45, 2.75) is 38.4 Å². The van der Waals surface area contributed by atoms with Crippen LogP contribution in [-0.2, 0) is 9.47 Å². The van der Waals surface area contributed by atoms with Crippen LogP contribution in [0.1, 0.15) is 36.2 Å². The molecule has 1 spiro atoms. The van der Waals surface area contributed by atoms with E-state index in [1.54, 1.807) is 4.90 Å². The molecule has 1 aromatic heterocycles. The van der Waals surface area contributed by atoms with E-state index >= 15 is 0 Å². The quantitative estimate of drug-likeness (QED) is 0.851. The minimum Gasteiger partial charge on any atom is -0.372 e. The van der Waals surface area contributed by atoms with Crippen molar-refractivity contribution >= 4 is 16.8 Å². The van der Waals surface area contributed by atoms with Crippen molar-refractivity contribution in [3.63, 3.8) is 0 Å². The maximum Gasteiger partial charge on any atom is 0.261 e. The average molecular weight is 356 g/mol. The Bertz CT molecular complexity index is 933. The van der Waals surface area contributed by atoms with Crippen LogP contribution >= 0.6 is 0 Å². The summed E-state index contributed by atoms with van der Waals surface area (Å²) in [5.74, 6) is -0.234. The van der Waals surface area contributed by atoms with Crippen LogP contribution in [-0.4, -0.2) is 53.3 Å². The minimum absolute atomic E-state index is 0.221. The number of fused-ring (bicyclic) bond motifs is 1. The molecule has 1 amide bonds. The van der Waals surface area contributed by atoms with E-state index in [1.165, 1.54) is 0 Å². The standard InChI is InChI=1S/C20H24N2O4/c1-13-14-6-4-5-7-15(14)21-17(23)16(13)18(24)22-8-9-25-20(11-22)10-19(2,3)26-12-20/h4-7H,8-12H2,1-3H3,(H,21,23). The minimum atomic E-state index is -0.477. The number of para-hydroxylation sites is 1. The highest BCUT2D eigenvalue weighted by Crippen LogP contribution is 2.37. The molecule has 1 atom stereocenters. The highest BCUT2D eigenvalue weighted by Gasteiger charge is 2.49. The van der Waals surface area contributed by atoms with Crippen LogP contribution in [0.3, 0.4) is 0 Å². The van der Waals surface area contributed by atoms with Crippen LogP contribution in [0.25, 0.3) is 10.9 Å². The zero-order valence-electron chi connectivity index (χ0n) is 15.4. The molecule has 6 nitrogen and oxygen atoms in total. The number of nitrogens with one attached hydrogen (secondary N) is 1. The fourth-order valence-corrected chi connectivity index (χ4v) is 4.24. The summed E-state index contributed by atoms with van der Waals surface area (Å²) in [4.78, 5) is 30.4. The molecule has 2 aliphatic rings. The van der Waals surface area contributed by atoms with E-state index in [1.807, 2.05) is 45.0 Å². The maximum absolute atomic E-state index is 13.2. The Morgan fingerprint density at radius 1 is 1.23 bits per heavy atom. The predicted octanol–water partition coefficient (Wildman–Crippen LogP) is 2.25. The molecule has 1 aromatic carbocycles. The van der Waals surface area contributed by atoms with Gasteiger partial charge in [0.2, 0.25) is 0 Å². The number of rotatable bonds is 1. The first-order valence-electron chi connectivity index (χ1n) is 8.99. The SMILES string of the molecule is Cc1c(C(=O)N2CCOC3(COC(C)(C)C3)C2)c(=O)[nH]c2ccccc12. The number of aromatic amines is 1. The number of morpholine rings is 1. The lowest BCUT2D eigenvalue weighted by molar-refractivity contribution is -0.0999. The molecule has 0 bridgehead atoms. The highest BCUT2D eigenvalue weighted by atomic mass is 16.6. The van der Waals surface area contributed by atoms with E-state index in [-0.39, 0.29) is 22.6 Å². The summed E-state index contributed by atoms with van der Waals surface area (Å²) in [6.45, 7) is 7.75. The lowest BCUT2D eigenvalue weighted by Gasteiger charge is -2.40. The molecular formula is C20H24N2O4. The van der Waals surface area contributed by atoms with Crippen LogP contribution < -0.4 is 5.56 Å². The van der Waals surface area contributed by atoms with Crippen molar-refractivity contribution in [2.75, 3.05) is 26.3 Å². The third-order valence-corrected chi connectivity index (χ3v) is 5.40. The third-order valence-electron chi connectivity index (χ3n) is 5.40. The second-order valence-corrected chi connectivity index (χ2v) is 7.98. The Labute approximate surface area is 152 Å². The number of hydrogen-bond acceptors (Lipinski definition) is 4. The van der Waals surface area contributed by atoms with Gasteiger partial charge < -0.3 is 19.4 Å². The first-order chi connectivity index (χ1) is 12.3. The van der Waals surface area contributed by atoms with Crippen LogP contribution in [0.4, 0.5) is 0 Å². The Hall–Kier alpha value is -2.18. The van der Waals surface area contributed by atoms with Gasteiger partial charge in [0.15, 0.2) is 0 Å². The number of benzene rings is 1.